The van der Waals surface area contributed by atoms with Crippen molar-refractivity contribution in [3.63, 3.8) is 0 Å². The molecule has 1 aliphatic rings. The van der Waals surface area contributed by atoms with Crippen LogP contribution in [0.25, 0.3) is 11.0 Å². The van der Waals surface area contributed by atoms with Gasteiger partial charge in [0.1, 0.15) is 5.82 Å². The minimum Gasteiger partial charge on any atom is -0.339 e. The Morgan fingerprint density at radius 1 is 1.26 bits per heavy atom. The van der Waals surface area contributed by atoms with Crippen molar-refractivity contribution in [2.45, 2.75) is 38.8 Å². The summed E-state index contributed by atoms with van der Waals surface area (Å²) in [4.78, 5) is 11.7. The molecule has 0 amide bonds. The van der Waals surface area contributed by atoms with Crippen LogP contribution in [0.15, 0.2) is 28.8 Å². The number of nitrogens with zero attached hydrogens (tertiary/aromatic N) is 5. The highest BCUT2D eigenvalue weighted by molar-refractivity contribution is 5.75. The van der Waals surface area contributed by atoms with Crippen LogP contribution in [0.1, 0.15) is 43.3 Å². The summed E-state index contributed by atoms with van der Waals surface area (Å²) in [7, 11) is 2.08. The maximum Gasteiger partial charge on any atom is 0.226 e. The number of likely N-dealkylation sites (tertiary alicyclic amines) is 1. The molecule has 2 aromatic heterocycles. The quantitative estimate of drug-likeness (QED) is 0.741. The van der Waals surface area contributed by atoms with E-state index in [1.807, 2.05) is 13.0 Å². The van der Waals surface area contributed by atoms with Crippen LogP contribution in [-0.4, -0.2) is 31.1 Å². The summed E-state index contributed by atoms with van der Waals surface area (Å²) in [5.74, 6) is 2.62. The van der Waals surface area contributed by atoms with Crippen LogP contribution in [0.3, 0.4) is 0 Å². The first-order valence-electron chi connectivity index (χ1n) is 8.23. The van der Waals surface area contributed by atoms with Gasteiger partial charge in [0.15, 0.2) is 5.82 Å². The standard InChI is InChI=1S/C17H21N5O/c1-3-16-19-17(20-23-16)14-9-6-10-22(14)11-15-18-12-7-4-5-8-13(12)21(15)2/h4-5,7-8,14H,3,6,9-11H2,1-2H3/t14-/m0/s1. The first kappa shape index (κ1) is 14.4. The molecule has 0 spiro atoms. The molecule has 1 aliphatic heterocycles. The second-order valence-electron chi connectivity index (χ2n) is 6.10. The van der Waals surface area contributed by atoms with Gasteiger partial charge in [-0.3, -0.25) is 4.90 Å². The Bertz CT molecular complexity index is 821. The molecule has 0 radical (unpaired) electrons. The summed E-state index contributed by atoms with van der Waals surface area (Å²) in [6.07, 6.45) is 3.02. The lowest BCUT2D eigenvalue weighted by Crippen LogP contribution is -2.25. The fraction of sp³-hybridized carbons (Fsp3) is 0.471. The van der Waals surface area contributed by atoms with E-state index in [1.165, 1.54) is 5.52 Å². The predicted octanol–water partition coefficient (Wildman–Crippen LogP) is 2.86. The molecule has 1 fully saturated rings. The summed E-state index contributed by atoms with van der Waals surface area (Å²) in [6.45, 7) is 3.89. The molecule has 120 valence electrons. The summed E-state index contributed by atoms with van der Waals surface area (Å²) >= 11 is 0. The summed E-state index contributed by atoms with van der Waals surface area (Å²) < 4.78 is 7.47. The molecule has 0 saturated carbocycles. The van der Waals surface area contributed by atoms with Crippen LogP contribution in [0, 0.1) is 0 Å². The van der Waals surface area contributed by atoms with Gasteiger partial charge in [-0.2, -0.15) is 4.98 Å². The lowest BCUT2D eigenvalue weighted by molar-refractivity contribution is 0.227. The van der Waals surface area contributed by atoms with Gasteiger partial charge < -0.3 is 9.09 Å². The average molecular weight is 311 g/mol. The zero-order chi connectivity index (χ0) is 15.8. The smallest absolute Gasteiger partial charge is 0.226 e. The van der Waals surface area contributed by atoms with E-state index in [0.29, 0.717) is 0 Å². The number of imidazole rings is 1. The first-order valence-corrected chi connectivity index (χ1v) is 8.23. The van der Waals surface area contributed by atoms with Crippen LogP contribution < -0.4 is 0 Å². The Morgan fingerprint density at radius 2 is 2.13 bits per heavy atom. The molecule has 6 nitrogen and oxygen atoms in total. The molecule has 3 heterocycles. The molecule has 0 unspecified atom stereocenters. The van der Waals surface area contributed by atoms with Crippen molar-refractivity contribution < 1.29 is 4.52 Å². The molecule has 1 atom stereocenters. The minimum atomic E-state index is 0.235. The minimum absolute atomic E-state index is 0.235. The second-order valence-corrected chi connectivity index (χ2v) is 6.10. The lowest BCUT2D eigenvalue weighted by atomic mass is 10.2. The van der Waals surface area contributed by atoms with Gasteiger partial charge >= 0.3 is 0 Å². The van der Waals surface area contributed by atoms with Crippen molar-refractivity contribution in [1.29, 1.82) is 0 Å². The number of para-hydroxylation sites is 2. The number of benzene rings is 1. The number of hydrogen-bond donors (Lipinski definition) is 0. The van der Waals surface area contributed by atoms with E-state index >= 15 is 0 Å². The van der Waals surface area contributed by atoms with E-state index in [2.05, 4.69) is 44.9 Å². The molecule has 3 aromatic rings. The van der Waals surface area contributed by atoms with Crippen LogP contribution in [0.2, 0.25) is 0 Å². The number of aromatic nitrogens is 4. The molecule has 6 heteroatoms. The second kappa shape index (κ2) is 5.77. The van der Waals surface area contributed by atoms with Gasteiger partial charge in [-0.25, -0.2) is 4.98 Å². The topological polar surface area (TPSA) is 60.0 Å². The summed E-state index contributed by atoms with van der Waals surface area (Å²) in [5.41, 5.74) is 2.22. The van der Waals surface area contributed by atoms with Gasteiger partial charge in [0.25, 0.3) is 0 Å². The van der Waals surface area contributed by atoms with Crippen LogP contribution in [0.5, 0.6) is 0 Å². The van der Waals surface area contributed by atoms with Crippen molar-refractivity contribution >= 4 is 11.0 Å². The zero-order valence-electron chi connectivity index (χ0n) is 13.6. The zero-order valence-corrected chi connectivity index (χ0v) is 13.6. The van der Waals surface area contributed by atoms with Gasteiger partial charge in [0, 0.05) is 13.5 Å². The van der Waals surface area contributed by atoms with Gasteiger partial charge in [0.05, 0.1) is 23.6 Å². The molecule has 0 bridgehead atoms. The van der Waals surface area contributed by atoms with Crippen molar-refractivity contribution in [1.82, 2.24) is 24.6 Å². The Hall–Kier alpha value is -2.21. The monoisotopic (exact) mass is 311 g/mol. The van der Waals surface area contributed by atoms with E-state index in [4.69, 9.17) is 9.51 Å². The van der Waals surface area contributed by atoms with Gasteiger partial charge in [-0.05, 0) is 31.5 Å². The molecular formula is C17H21N5O. The molecule has 1 saturated heterocycles. The first-order chi connectivity index (χ1) is 11.3. The average Bonchev–Trinajstić information content (AvgIpc) is 3.28. The normalized spacial score (nSPS) is 19.0. The number of aryl methyl sites for hydroxylation is 2. The number of rotatable bonds is 4. The highest BCUT2D eigenvalue weighted by atomic mass is 16.5. The third-order valence-electron chi connectivity index (χ3n) is 4.67. The van der Waals surface area contributed by atoms with Crippen molar-refractivity contribution in [3.8, 4) is 0 Å². The van der Waals surface area contributed by atoms with Crippen molar-refractivity contribution in [2.24, 2.45) is 7.05 Å². The maximum atomic E-state index is 5.29. The third kappa shape index (κ3) is 2.53. The van der Waals surface area contributed by atoms with Gasteiger partial charge in [-0.1, -0.05) is 24.2 Å². The largest absolute Gasteiger partial charge is 0.339 e. The molecular weight excluding hydrogens is 290 g/mol. The lowest BCUT2D eigenvalue weighted by Gasteiger charge is -2.21. The van der Waals surface area contributed by atoms with E-state index < -0.39 is 0 Å². The van der Waals surface area contributed by atoms with Gasteiger partial charge in [0.2, 0.25) is 5.89 Å². The highest BCUT2D eigenvalue weighted by Gasteiger charge is 2.30. The maximum absolute atomic E-state index is 5.29. The molecule has 0 N–H and O–H groups in total. The van der Waals surface area contributed by atoms with Crippen LogP contribution >= 0.6 is 0 Å². The molecule has 4 rings (SSSR count). The fourth-order valence-corrected chi connectivity index (χ4v) is 3.37. The SMILES string of the molecule is CCc1nc([C@@H]2CCCN2Cc2nc3ccccc3n2C)no1. The van der Waals surface area contributed by atoms with Crippen molar-refractivity contribution in [3.05, 3.63) is 41.8 Å². The number of hydrogen-bond acceptors (Lipinski definition) is 5. The Morgan fingerprint density at radius 3 is 2.91 bits per heavy atom. The molecule has 23 heavy (non-hydrogen) atoms. The third-order valence-corrected chi connectivity index (χ3v) is 4.67. The van der Waals surface area contributed by atoms with Crippen LogP contribution in [0.4, 0.5) is 0 Å². The van der Waals surface area contributed by atoms with E-state index in [1.54, 1.807) is 0 Å². The highest BCUT2D eigenvalue weighted by Crippen LogP contribution is 2.31. The van der Waals surface area contributed by atoms with E-state index in [-0.39, 0.29) is 6.04 Å². The Labute approximate surface area is 135 Å². The van der Waals surface area contributed by atoms with Crippen LogP contribution in [-0.2, 0) is 20.0 Å². The number of fused-ring (bicyclic) bond motifs is 1. The summed E-state index contributed by atoms with van der Waals surface area (Å²) in [5, 5.41) is 4.17. The molecule has 1 aromatic carbocycles. The Balaban J connectivity index is 1.60. The molecule has 0 aliphatic carbocycles. The summed E-state index contributed by atoms with van der Waals surface area (Å²) in [6, 6.07) is 8.49. The van der Waals surface area contributed by atoms with Gasteiger partial charge in [-0.15, -0.1) is 0 Å². The van der Waals surface area contributed by atoms with E-state index in [9.17, 15) is 0 Å². The predicted molar refractivity (Wildman–Crippen MR) is 86.8 cm³/mol. The van der Waals surface area contributed by atoms with Crippen molar-refractivity contribution in [2.75, 3.05) is 6.54 Å². The Kier molecular flexibility index (Phi) is 3.61. The fourth-order valence-electron chi connectivity index (χ4n) is 3.37. The van der Waals surface area contributed by atoms with E-state index in [0.717, 1.165) is 55.4 Å².